The minimum Gasteiger partial charge on any atom is -0.322 e. The molecule has 0 saturated carbocycles. The zero-order valence-electron chi connectivity index (χ0n) is 18.5. The lowest BCUT2D eigenvalue weighted by Gasteiger charge is -2.18. The van der Waals surface area contributed by atoms with Gasteiger partial charge in [0, 0.05) is 32.4 Å². The van der Waals surface area contributed by atoms with Crippen LogP contribution < -0.4 is 10.0 Å². The van der Waals surface area contributed by atoms with Crippen LogP contribution in [0, 0.1) is 0 Å². The SMILES string of the molecule is O=C(Nc1ccc2c(c1)C(=O)c1ccccc1C2=O)c1ccccc1NS(=O)(=O)c1ccc(Br)cc1. The van der Waals surface area contributed by atoms with Gasteiger partial charge in [-0.05, 0) is 54.6 Å². The highest BCUT2D eigenvalue weighted by atomic mass is 79.9. The van der Waals surface area contributed by atoms with Crippen LogP contribution in [0.3, 0.4) is 0 Å². The van der Waals surface area contributed by atoms with Crippen LogP contribution in [-0.2, 0) is 10.0 Å². The Bertz CT molecular complexity index is 1660. The van der Waals surface area contributed by atoms with Crippen molar-refractivity contribution in [1.29, 1.82) is 0 Å². The molecule has 0 unspecified atom stereocenters. The van der Waals surface area contributed by atoms with Gasteiger partial charge in [-0.2, -0.15) is 0 Å². The molecule has 1 amide bonds. The first-order valence-electron chi connectivity index (χ1n) is 10.8. The molecule has 7 nitrogen and oxygen atoms in total. The Hall–Kier alpha value is -4.08. The van der Waals surface area contributed by atoms with Crippen LogP contribution in [0.2, 0.25) is 0 Å². The summed E-state index contributed by atoms with van der Waals surface area (Å²) in [5, 5.41) is 2.70. The third-order valence-corrected chi connectivity index (χ3v) is 7.63. The number of para-hydroxylation sites is 1. The first-order chi connectivity index (χ1) is 17.2. The lowest BCUT2D eigenvalue weighted by atomic mass is 9.84. The molecule has 5 rings (SSSR count). The minimum absolute atomic E-state index is 0.0408. The van der Waals surface area contributed by atoms with Gasteiger partial charge in [-0.15, -0.1) is 0 Å². The van der Waals surface area contributed by atoms with Crippen LogP contribution in [0.4, 0.5) is 11.4 Å². The summed E-state index contributed by atoms with van der Waals surface area (Å²) < 4.78 is 28.9. The predicted molar refractivity (Wildman–Crippen MR) is 139 cm³/mol. The molecule has 0 spiro atoms. The Morgan fingerprint density at radius 3 is 1.97 bits per heavy atom. The quantitative estimate of drug-likeness (QED) is 0.304. The maximum absolute atomic E-state index is 13.1. The molecule has 1 aliphatic carbocycles. The molecule has 178 valence electrons. The molecular formula is C27H17BrN2O5S. The topological polar surface area (TPSA) is 109 Å². The number of ketones is 2. The van der Waals surface area contributed by atoms with Crippen molar-refractivity contribution < 1.29 is 22.8 Å². The molecule has 36 heavy (non-hydrogen) atoms. The minimum atomic E-state index is -3.95. The molecule has 0 radical (unpaired) electrons. The van der Waals surface area contributed by atoms with Gasteiger partial charge in [0.15, 0.2) is 11.6 Å². The van der Waals surface area contributed by atoms with Crippen molar-refractivity contribution >= 4 is 54.8 Å². The number of anilines is 2. The lowest BCUT2D eigenvalue weighted by molar-refractivity contribution is 0.0979. The van der Waals surface area contributed by atoms with Crippen LogP contribution in [0.5, 0.6) is 0 Å². The number of rotatable bonds is 5. The zero-order chi connectivity index (χ0) is 25.4. The number of nitrogens with one attached hydrogen (secondary N) is 2. The van der Waals surface area contributed by atoms with E-state index in [2.05, 4.69) is 26.0 Å². The first kappa shape index (κ1) is 23.7. The summed E-state index contributed by atoms with van der Waals surface area (Å²) in [7, 11) is -3.95. The van der Waals surface area contributed by atoms with Gasteiger partial charge in [0.25, 0.3) is 15.9 Å². The number of fused-ring (bicyclic) bond motifs is 2. The molecule has 0 saturated heterocycles. The van der Waals surface area contributed by atoms with E-state index in [0.717, 1.165) is 4.47 Å². The van der Waals surface area contributed by atoms with Crippen molar-refractivity contribution in [3.8, 4) is 0 Å². The van der Waals surface area contributed by atoms with Crippen molar-refractivity contribution in [1.82, 2.24) is 0 Å². The van der Waals surface area contributed by atoms with Gasteiger partial charge in [0.1, 0.15) is 0 Å². The molecule has 9 heteroatoms. The first-order valence-corrected chi connectivity index (χ1v) is 13.0. The van der Waals surface area contributed by atoms with E-state index in [4.69, 9.17) is 0 Å². The fraction of sp³-hybridized carbons (Fsp3) is 0. The van der Waals surface area contributed by atoms with E-state index in [1.54, 1.807) is 48.5 Å². The molecule has 4 aromatic carbocycles. The summed E-state index contributed by atoms with van der Waals surface area (Å²) in [5.41, 5.74) is 1.59. The van der Waals surface area contributed by atoms with Gasteiger partial charge in [0.2, 0.25) is 0 Å². The summed E-state index contributed by atoms with van der Waals surface area (Å²) in [6, 6.07) is 23.4. The summed E-state index contributed by atoms with van der Waals surface area (Å²) in [6.45, 7) is 0. The fourth-order valence-corrected chi connectivity index (χ4v) is 5.31. The molecule has 4 aromatic rings. The highest BCUT2D eigenvalue weighted by molar-refractivity contribution is 9.10. The van der Waals surface area contributed by atoms with Crippen LogP contribution in [0.1, 0.15) is 42.2 Å². The van der Waals surface area contributed by atoms with E-state index in [1.165, 1.54) is 42.5 Å². The average Bonchev–Trinajstić information content (AvgIpc) is 2.87. The number of halogens is 1. The van der Waals surface area contributed by atoms with Gasteiger partial charge in [0.05, 0.1) is 16.1 Å². The molecule has 2 N–H and O–H groups in total. The highest BCUT2D eigenvalue weighted by Crippen LogP contribution is 2.30. The summed E-state index contributed by atoms with van der Waals surface area (Å²) in [4.78, 5) is 38.9. The van der Waals surface area contributed by atoms with E-state index in [-0.39, 0.29) is 38.8 Å². The molecule has 0 aromatic heterocycles. The largest absolute Gasteiger partial charge is 0.322 e. The van der Waals surface area contributed by atoms with Crippen LogP contribution in [0.15, 0.2) is 100 Å². The Morgan fingerprint density at radius 2 is 1.28 bits per heavy atom. The Morgan fingerprint density at radius 1 is 0.694 bits per heavy atom. The fourth-order valence-electron chi connectivity index (χ4n) is 3.96. The molecule has 0 heterocycles. The number of hydrogen-bond acceptors (Lipinski definition) is 5. The maximum Gasteiger partial charge on any atom is 0.261 e. The molecule has 0 bridgehead atoms. The molecule has 0 aliphatic heterocycles. The Labute approximate surface area is 215 Å². The second kappa shape index (κ2) is 9.18. The normalized spacial score (nSPS) is 12.5. The van der Waals surface area contributed by atoms with Crippen LogP contribution in [-0.4, -0.2) is 25.9 Å². The van der Waals surface area contributed by atoms with E-state index < -0.39 is 15.9 Å². The van der Waals surface area contributed by atoms with Crippen molar-refractivity contribution in [2.24, 2.45) is 0 Å². The van der Waals surface area contributed by atoms with Crippen molar-refractivity contribution in [3.63, 3.8) is 0 Å². The molecule has 0 fully saturated rings. The van der Waals surface area contributed by atoms with Gasteiger partial charge in [-0.25, -0.2) is 8.42 Å². The third-order valence-electron chi connectivity index (χ3n) is 5.72. The standard InChI is InChI=1S/C27H17BrN2O5S/c28-16-9-12-18(13-10-16)36(34,35)30-24-8-4-3-7-22(24)27(33)29-17-11-14-21-23(15-17)26(32)20-6-2-1-5-19(20)25(21)31/h1-15,30H,(H,29,33). The van der Waals surface area contributed by atoms with Crippen molar-refractivity contribution in [2.45, 2.75) is 4.90 Å². The summed E-state index contributed by atoms with van der Waals surface area (Å²) in [5.74, 6) is -1.15. The number of sulfonamides is 1. The Kier molecular flexibility index (Phi) is 6.03. The van der Waals surface area contributed by atoms with Crippen LogP contribution >= 0.6 is 15.9 Å². The molecule has 1 aliphatic rings. The van der Waals surface area contributed by atoms with Crippen molar-refractivity contribution in [2.75, 3.05) is 10.0 Å². The predicted octanol–water partition coefficient (Wildman–Crippen LogP) is 5.28. The van der Waals surface area contributed by atoms with Crippen LogP contribution in [0.25, 0.3) is 0 Å². The second-order valence-corrected chi connectivity index (χ2v) is 10.6. The van der Waals surface area contributed by atoms with E-state index in [9.17, 15) is 22.8 Å². The molecular weight excluding hydrogens is 544 g/mol. The number of amides is 1. The van der Waals surface area contributed by atoms with Gasteiger partial charge in [-0.1, -0.05) is 52.3 Å². The van der Waals surface area contributed by atoms with Gasteiger partial charge in [-0.3, -0.25) is 19.1 Å². The average molecular weight is 561 g/mol. The lowest BCUT2D eigenvalue weighted by Crippen LogP contribution is -2.22. The maximum atomic E-state index is 13.1. The van der Waals surface area contributed by atoms with E-state index >= 15 is 0 Å². The Balaban J connectivity index is 1.42. The zero-order valence-corrected chi connectivity index (χ0v) is 20.9. The molecule has 0 atom stereocenters. The van der Waals surface area contributed by atoms with Crippen molar-refractivity contribution in [3.05, 3.63) is 123 Å². The van der Waals surface area contributed by atoms with Gasteiger partial charge >= 0.3 is 0 Å². The third kappa shape index (κ3) is 4.34. The summed E-state index contributed by atoms with van der Waals surface area (Å²) in [6.07, 6.45) is 0. The summed E-state index contributed by atoms with van der Waals surface area (Å²) >= 11 is 3.27. The second-order valence-electron chi connectivity index (χ2n) is 8.02. The van der Waals surface area contributed by atoms with E-state index in [1.807, 2.05) is 0 Å². The smallest absolute Gasteiger partial charge is 0.261 e. The number of carbonyl (C=O) groups excluding carboxylic acids is 3. The number of carbonyl (C=O) groups is 3. The van der Waals surface area contributed by atoms with E-state index in [0.29, 0.717) is 16.8 Å². The monoisotopic (exact) mass is 560 g/mol. The van der Waals surface area contributed by atoms with Gasteiger partial charge < -0.3 is 5.32 Å². The number of benzene rings is 4. The highest BCUT2D eigenvalue weighted by Gasteiger charge is 2.29. The number of hydrogen-bond donors (Lipinski definition) is 2.